The maximum Gasteiger partial charge on any atom is 0.161 e. The topological polar surface area (TPSA) is 36.3 Å². The Morgan fingerprint density at radius 3 is 2.41 bits per heavy atom. The van der Waals surface area contributed by atoms with Crippen molar-refractivity contribution in [2.75, 3.05) is 14.2 Å². The van der Waals surface area contributed by atoms with E-state index in [1.54, 1.807) is 20.5 Å². The van der Waals surface area contributed by atoms with Crippen molar-refractivity contribution in [2.45, 2.75) is 0 Å². The number of halogens is 1. The molecule has 0 bridgehead atoms. The molecular formula is C12H13BrN2O2. The molecule has 2 rings (SSSR count). The number of methoxy groups -OCH3 is 2. The van der Waals surface area contributed by atoms with Gasteiger partial charge < -0.3 is 14.0 Å². The number of aromatic nitrogens is 2. The predicted octanol–water partition coefficient (Wildman–Crippen LogP) is 2.87. The molecule has 0 aliphatic heterocycles. The van der Waals surface area contributed by atoms with Gasteiger partial charge >= 0.3 is 0 Å². The summed E-state index contributed by atoms with van der Waals surface area (Å²) in [7, 11) is 5.17. The Labute approximate surface area is 108 Å². The van der Waals surface area contributed by atoms with Gasteiger partial charge in [-0.1, -0.05) is 0 Å². The van der Waals surface area contributed by atoms with E-state index >= 15 is 0 Å². The van der Waals surface area contributed by atoms with Crippen LogP contribution < -0.4 is 9.47 Å². The third-order valence-electron chi connectivity index (χ3n) is 2.52. The molecule has 0 unspecified atom stereocenters. The second-order valence-electron chi connectivity index (χ2n) is 3.56. The summed E-state index contributed by atoms with van der Waals surface area (Å²) in [6, 6.07) is 5.73. The fourth-order valence-electron chi connectivity index (χ4n) is 1.59. The minimum absolute atomic E-state index is 0.697. The van der Waals surface area contributed by atoms with E-state index in [-0.39, 0.29) is 0 Å². The molecule has 1 heterocycles. The van der Waals surface area contributed by atoms with Crippen molar-refractivity contribution in [1.82, 2.24) is 9.55 Å². The zero-order chi connectivity index (χ0) is 12.4. The van der Waals surface area contributed by atoms with Crippen molar-refractivity contribution in [3.63, 3.8) is 0 Å². The molecule has 0 amide bonds. The van der Waals surface area contributed by atoms with Crippen LogP contribution in [0.5, 0.6) is 11.5 Å². The van der Waals surface area contributed by atoms with Gasteiger partial charge in [0.1, 0.15) is 10.3 Å². The van der Waals surface area contributed by atoms with E-state index in [9.17, 15) is 0 Å². The lowest BCUT2D eigenvalue weighted by Crippen LogP contribution is -1.91. The molecule has 0 N–H and O–H groups in total. The molecule has 0 aliphatic carbocycles. The summed E-state index contributed by atoms with van der Waals surface area (Å²) in [4.78, 5) is 4.34. The number of hydrogen-bond acceptors (Lipinski definition) is 3. The highest BCUT2D eigenvalue weighted by atomic mass is 79.9. The molecule has 0 spiro atoms. The monoisotopic (exact) mass is 296 g/mol. The molecule has 1 aromatic carbocycles. The van der Waals surface area contributed by atoms with Gasteiger partial charge in [-0.15, -0.1) is 0 Å². The summed E-state index contributed by atoms with van der Waals surface area (Å²) < 4.78 is 13.3. The number of benzene rings is 1. The van der Waals surface area contributed by atoms with Crippen molar-refractivity contribution in [1.29, 1.82) is 0 Å². The molecule has 0 radical (unpaired) electrons. The molecule has 0 atom stereocenters. The largest absolute Gasteiger partial charge is 0.493 e. The number of aryl methyl sites for hydroxylation is 1. The molecule has 0 fully saturated rings. The van der Waals surface area contributed by atoms with Crippen molar-refractivity contribution in [3.05, 3.63) is 29.1 Å². The second-order valence-corrected chi connectivity index (χ2v) is 4.32. The van der Waals surface area contributed by atoms with Gasteiger partial charge in [-0.05, 0) is 34.1 Å². The normalized spacial score (nSPS) is 10.4. The van der Waals surface area contributed by atoms with E-state index in [0.29, 0.717) is 11.5 Å². The molecule has 1 aromatic heterocycles. The number of nitrogens with zero attached hydrogens (tertiary/aromatic N) is 2. The molecule has 0 aliphatic rings. The van der Waals surface area contributed by atoms with Crippen LogP contribution in [-0.4, -0.2) is 23.8 Å². The number of rotatable bonds is 3. The highest BCUT2D eigenvalue weighted by molar-refractivity contribution is 9.10. The molecular weight excluding hydrogens is 284 g/mol. The van der Waals surface area contributed by atoms with Gasteiger partial charge in [-0.3, -0.25) is 0 Å². The van der Waals surface area contributed by atoms with Crippen molar-refractivity contribution < 1.29 is 9.47 Å². The lowest BCUT2D eigenvalue weighted by molar-refractivity contribution is 0.355. The first-order valence-corrected chi connectivity index (χ1v) is 5.86. The summed E-state index contributed by atoms with van der Waals surface area (Å²) in [5.74, 6) is 1.41. The van der Waals surface area contributed by atoms with Gasteiger partial charge in [0.05, 0.1) is 20.5 Å². The zero-order valence-corrected chi connectivity index (χ0v) is 11.5. The fraction of sp³-hybridized carbons (Fsp3) is 0.250. The number of hydrogen-bond donors (Lipinski definition) is 0. The predicted molar refractivity (Wildman–Crippen MR) is 69.4 cm³/mol. The summed E-state index contributed by atoms with van der Waals surface area (Å²) in [5, 5.41) is 0. The first kappa shape index (κ1) is 12.0. The quantitative estimate of drug-likeness (QED) is 0.874. The maximum atomic E-state index is 5.27. The molecule has 2 aromatic rings. The summed E-state index contributed by atoms with van der Waals surface area (Å²) in [5.41, 5.74) is 1.86. The zero-order valence-electron chi connectivity index (χ0n) is 9.90. The van der Waals surface area contributed by atoms with Crippen LogP contribution >= 0.6 is 15.9 Å². The SMILES string of the molecule is COc1ccc(-c2ncn(C)c2Br)cc1OC. The minimum Gasteiger partial charge on any atom is -0.493 e. The van der Waals surface area contributed by atoms with E-state index in [2.05, 4.69) is 20.9 Å². The Morgan fingerprint density at radius 2 is 1.88 bits per heavy atom. The molecule has 0 saturated carbocycles. The van der Waals surface area contributed by atoms with Gasteiger partial charge in [0.25, 0.3) is 0 Å². The van der Waals surface area contributed by atoms with E-state index in [1.807, 2.05) is 29.8 Å². The van der Waals surface area contributed by atoms with Crippen molar-refractivity contribution in [2.24, 2.45) is 7.05 Å². The van der Waals surface area contributed by atoms with Gasteiger partial charge in [0.15, 0.2) is 11.5 Å². The van der Waals surface area contributed by atoms with Crippen LogP contribution in [0.25, 0.3) is 11.3 Å². The lowest BCUT2D eigenvalue weighted by Gasteiger charge is -2.08. The van der Waals surface area contributed by atoms with Gasteiger partial charge in [0.2, 0.25) is 0 Å². The number of imidazole rings is 1. The van der Waals surface area contributed by atoms with Crippen molar-refractivity contribution >= 4 is 15.9 Å². The fourth-order valence-corrected chi connectivity index (χ4v) is 2.02. The first-order chi connectivity index (χ1) is 8.17. The second kappa shape index (κ2) is 4.79. The maximum absolute atomic E-state index is 5.27. The minimum atomic E-state index is 0.697. The molecule has 0 saturated heterocycles. The smallest absolute Gasteiger partial charge is 0.161 e. The van der Waals surface area contributed by atoms with Crippen LogP contribution in [0.15, 0.2) is 29.1 Å². The standard InChI is InChI=1S/C12H13BrN2O2/c1-15-7-14-11(12(15)13)8-4-5-9(16-2)10(6-8)17-3/h4-7H,1-3H3. The van der Waals surface area contributed by atoms with Gasteiger partial charge in [-0.2, -0.15) is 0 Å². The molecule has 17 heavy (non-hydrogen) atoms. The van der Waals surface area contributed by atoms with Crippen LogP contribution in [0.3, 0.4) is 0 Å². The van der Waals surface area contributed by atoms with Crippen LogP contribution in [0.4, 0.5) is 0 Å². The third kappa shape index (κ3) is 2.15. The van der Waals surface area contributed by atoms with E-state index in [4.69, 9.17) is 9.47 Å². The lowest BCUT2D eigenvalue weighted by atomic mass is 10.1. The van der Waals surface area contributed by atoms with Gasteiger partial charge in [-0.25, -0.2) is 4.98 Å². The Hall–Kier alpha value is -1.49. The summed E-state index contributed by atoms with van der Waals surface area (Å²) in [6.07, 6.45) is 1.76. The van der Waals surface area contributed by atoms with E-state index < -0.39 is 0 Å². The summed E-state index contributed by atoms with van der Waals surface area (Å²) >= 11 is 3.50. The molecule has 90 valence electrons. The van der Waals surface area contributed by atoms with E-state index in [1.165, 1.54) is 0 Å². The Bertz CT molecular complexity index is 537. The highest BCUT2D eigenvalue weighted by Gasteiger charge is 2.11. The van der Waals surface area contributed by atoms with Crippen LogP contribution in [0.1, 0.15) is 0 Å². The van der Waals surface area contributed by atoms with E-state index in [0.717, 1.165) is 15.9 Å². The average Bonchev–Trinajstić information content (AvgIpc) is 2.69. The number of ether oxygens (including phenoxy) is 2. The highest BCUT2D eigenvalue weighted by Crippen LogP contribution is 2.34. The first-order valence-electron chi connectivity index (χ1n) is 5.06. The molecule has 4 nitrogen and oxygen atoms in total. The summed E-state index contributed by atoms with van der Waals surface area (Å²) in [6.45, 7) is 0. The average molecular weight is 297 g/mol. The molecule has 5 heteroatoms. The van der Waals surface area contributed by atoms with Crippen LogP contribution in [0.2, 0.25) is 0 Å². The third-order valence-corrected chi connectivity index (χ3v) is 3.46. The Balaban J connectivity index is 2.50. The van der Waals surface area contributed by atoms with Crippen molar-refractivity contribution in [3.8, 4) is 22.8 Å². The Kier molecular flexibility index (Phi) is 3.38. The van der Waals surface area contributed by atoms with Gasteiger partial charge in [0, 0.05) is 12.6 Å². The van der Waals surface area contributed by atoms with Crippen LogP contribution in [0, 0.1) is 0 Å². The Morgan fingerprint density at radius 1 is 1.18 bits per heavy atom. The van der Waals surface area contributed by atoms with Crippen LogP contribution in [-0.2, 0) is 7.05 Å².